The van der Waals surface area contributed by atoms with Gasteiger partial charge in [-0.25, -0.2) is 4.39 Å². The Morgan fingerprint density at radius 3 is 2.82 bits per heavy atom. The minimum Gasteiger partial charge on any atom is -0.257 e. The number of allylic oxidation sites excluding steroid dienone is 3. The van der Waals surface area contributed by atoms with E-state index >= 15 is 0 Å². The van der Waals surface area contributed by atoms with Crippen molar-refractivity contribution in [3.05, 3.63) is 66.7 Å². The molecule has 0 aliphatic carbocycles. The maximum Gasteiger partial charge on any atom is 0.123 e. The summed E-state index contributed by atoms with van der Waals surface area (Å²) >= 11 is 0. The van der Waals surface area contributed by atoms with E-state index < -0.39 is 0 Å². The van der Waals surface area contributed by atoms with Crippen molar-refractivity contribution in [1.82, 2.24) is 0 Å². The zero-order valence-electron chi connectivity index (χ0n) is 9.99. The zero-order valence-corrected chi connectivity index (χ0v) is 9.99. The standard InChI is InChI=1S/C15H16FN/c1-4-7-14(11-17-12(3)5-2)13-8-6-9-15(16)10-13/h5-11H,2-4H2,1H3/b14-7+,17-11?. The fourth-order valence-electron chi connectivity index (χ4n) is 1.34. The lowest BCUT2D eigenvalue weighted by Gasteiger charge is -2.02. The molecule has 0 saturated carbocycles. The first-order chi connectivity index (χ1) is 8.17. The van der Waals surface area contributed by atoms with E-state index in [-0.39, 0.29) is 5.82 Å². The van der Waals surface area contributed by atoms with Gasteiger partial charge >= 0.3 is 0 Å². The summed E-state index contributed by atoms with van der Waals surface area (Å²) in [6.07, 6.45) is 6.11. The molecule has 0 amide bonds. The highest BCUT2D eigenvalue weighted by Gasteiger charge is 1.99. The summed E-state index contributed by atoms with van der Waals surface area (Å²) in [4.78, 5) is 4.14. The third kappa shape index (κ3) is 4.19. The van der Waals surface area contributed by atoms with E-state index in [4.69, 9.17) is 0 Å². The van der Waals surface area contributed by atoms with Crippen LogP contribution in [0.1, 0.15) is 18.9 Å². The molecule has 0 atom stereocenters. The van der Waals surface area contributed by atoms with Crippen molar-refractivity contribution in [2.45, 2.75) is 13.3 Å². The molecule has 0 saturated heterocycles. The van der Waals surface area contributed by atoms with Crippen LogP contribution in [0.5, 0.6) is 0 Å². The van der Waals surface area contributed by atoms with Gasteiger partial charge in [-0.1, -0.05) is 38.3 Å². The number of rotatable bonds is 5. The largest absolute Gasteiger partial charge is 0.257 e. The minimum atomic E-state index is -0.250. The van der Waals surface area contributed by atoms with Crippen molar-refractivity contribution >= 4 is 11.8 Å². The van der Waals surface area contributed by atoms with Crippen LogP contribution in [0, 0.1) is 5.82 Å². The van der Waals surface area contributed by atoms with Crippen LogP contribution in [-0.4, -0.2) is 6.21 Å². The van der Waals surface area contributed by atoms with E-state index in [2.05, 4.69) is 18.2 Å². The molecule has 0 fully saturated rings. The van der Waals surface area contributed by atoms with E-state index in [1.54, 1.807) is 18.4 Å². The molecule has 0 aliphatic heterocycles. The molecule has 1 nitrogen and oxygen atoms in total. The molecule has 0 spiro atoms. The van der Waals surface area contributed by atoms with Gasteiger partial charge in [0.15, 0.2) is 0 Å². The summed E-state index contributed by atoms with van der Waals surface area (Å²) < 4.78 is 13.1. The predicted molar refractivity (Wildman–Crippen MR) is 72.5 cm³/mol. The van der Waals surface area contributed by atoms with Gasteiger partial charge in [0.05, 0.1) is 5.70 Å². The summed E-state index contributed by atoms with van der Waals surface area (Å²) in [6, 6.07) is 6.45. The lowest BCUT2D eigenvalue weighted by molar-refractivity contribution is 0.627. The van der Waals surface area contributed by atoms with Gasteiger partial charge in [-0.05, 0) is 35.8 Å². The second kappa shape index (κ2) is 6.59. The summed E-state index contributed by atoms with van der Waals surface area (Å²) in [7, 11) is 0. The Balaban J connectivity index is 3.02. The smallest absolute Gasteiger partial charge is 0.123 e. The number of hydrogen-bond donors (Lipinski definition) is 0. The van der Waals surface area contributed by atoms with E-state index in [0.29, 0.717) is 5.70 Å². The van der Waals surface area contributed by atoms with Crippen LogP contribution in [0.15, 0.2) is 60.3 Å². The lowest BCUT2D eigenvalue weighted by atomic mass is 10.1. The third-order valence-corrected chi connectivity index (χ3v) is 2.19. The van der Waals surface area contributed by atoms with Crippen LogP contribution in [0.25, 0.3) is 5.57 Å². The molecule has 2 heteroatoms. The van der Waals surface area contributed by atoms with Crippen LogP contribution < -0.4 is 0 Å². The first-order valence-electron chi connectivity index (χ1n) is 5.49. The van der Waals surface area contributed by atoms with Crippen LogP contribution in [0.3, 0.4) is 0 Å². The van der Waals surface area contributed by atoms with Gasteiger partial charge in [0, 0.05) is 6.21 Å². The van der Waals surface area contributed by atoms with E-state index in [1.807, 2.05) is 19.1 Å². The number of hydrogen-bond acceptors (Lipinski definition) is 1. The lowest BCUT2D eigenvalue weighted by Crippen LogP contribution is -1.88. The molecule has 0 unspecified atom stereocenters. The summed E-state index contributed by atoms with van der Waals surface area (Å²) in [5.74, 6) is -0.250. The Bertz CT molecular complexity index is 470. The molecule has 1 aromatic rings. The summed E-state index contributed by atoms with van der Waals surface area (Å²) in [5.41, 5.74) is 2.28. The molecule has 0 radical (unpaired) electrons. The van der Waals surface area contributed by atoms with Crippen molar-refractivity contribution in [2.24, 2.45) is 4.99 Å². The monoisotopic (exact) mass is 229 g/mol. The van der Waals surface area contributed by atoms with Gasteiger partial charge in [0.2, 0.25) is 0 Å². The summed E-state index contributed by atoms with van der Waals surface area (Å²) in [6.45, 7) is 9.30. The van der Waals surface area contributed by atoms with Crippen LogP contribution in [0.2, 0.25) is 0 Å². The molecule has 88 valence electrons. The molecular formula is C15H16FN. The minimum absolute atomic E-state index is 0.250. The van der Waals surface area contributed by atoms with Crippen molar-refractivity contribution in [3.63, 3.8) is 0 Å². The molecule has 0 N–H and O–H groups in total. The average Bonchev–Trinajstić information content (AvgIpc) is 2.34. The molecule has 0 heterocycles. The number of nitrogens with zero attached hydrogens (tertiary/aromatic N) is 1. The Morgan fingerprint density at radius 2 is 2.24 bits per heavy atom. The second-order valence-corrected chi connectivity index (χ2v) is 3.53. The van der Waals surface area contributed by atoms with Crippen LogP contribution >= 0.6 is 0 Å². The van der Waals surface area contributed by atoms with Gasteiger partial charge in [0.1, 0.15) is 5.82 Å². The number of benzene rings is 1. The first-order valence-corrected chi connectivity index (χ1v) is 5.49. The van der Waals surface area contributed by atoms with Crippen molar-refractivity contribution in [1.29, 1.82) is 0 Å². The van der Waals surface area contributed by atoms with Crippen LogP contribution in [0.4, 0.5) is 4.39 Å². The average molecular weight is 229 g/mol. The van der Waals surface area contributed by atoms with Gasteiger partial charge in [-0.2, -0.15) is 0 Å². The topological polar surface area (TPSA) is 12.4 Å². The Hall–Kier alpha value is -1.96. The normalized spacial score (nSPS) is 11.8. The predicted octanol–water partition coefficient (Wildman–Crippen LogP) is 4.39. The van der Waals surface area contributed by atoms with E-state index in [1.165, 1.54) is 12.1 Å². The summed E-state index contributed by atoms with van der Waals surface area (Å²) in [5, 5.41) is 0. The van der Waals surface area contributed by atoms with E-state index in [0.717, 1.165) is 17.6 Å². The van der Waals surface area contributed by atoms with Gasteiger partial charge < -0.3 is 0 Å². The highest BCUT2D eigenvalue weighted by molar-refractivity contribution is 6.10. The molecule has 0 aromatic heterocycles. The highest BCUT2D eigenvalue weighted by Crippen LogP contribution is 2.15. The fourth-order valence-corrected chi connectivity index (χ4v) is 1.34. The quantitative estimate of drug-likeness (QED) is 0.524. The molecule has 0 aliphatic rings. The first kappa shape index (κ1) is 13.1. The zero-order chi connectivity index (χ0) is 12.7. The molecule has 1 aromatic carbocycles. The van der Waals surface area contributed by atoms with E-state index in [9.17, 15) is 4.39 Å². The van der Waals surface area contributed by atoms with Gasteiger partial charge in [0.25, 0.3) is 0 Å². The maximum atomic E-state index is 13.1. The molecule has 17 heavy (non-hydrogen) atoms. The van der Waals surface area contributed by atoms with Crippen LogP contribution in [-0.2, 0) is 0 Å². The third-order valence-electron chi connectivity index (χ3n) is 2.19. The number of aliphatic imine (C=N–C) groups is 1. The van der Waals surface area contributed by atoms with Crippen molar-refractivity contribution in [2.75, 3.05) is 0 Å². The highest BCUT2D eigenvalue weighted by atomic mass is 19.1. The SMILES string of the molecule is C=CC(=C)N=C/C(=C\CC)c1cccc(F)c1. The molecule has 0 bridgehead atoms. The van der Waals surface area contributed by atoms with Crippen molar-refractivity contribution < 1.29 is 4.39 Å². The Labute approximate surface area is 102 Å². The van der Waals surface area contributed by atoms with Crippen molar-refractivity contribution in [3.8, 4) is 0 Å². The molecule has 1 rings (SSSR count). The Kier molecular flexibility index (Phi) is 5.08. The fraction of sp³-hybridized carbons (Fsp3) is 0.133. The molecular weight excluding hydrogens is 213 g/mol. The van der Waals surface area contributed by atoms with Gasteiger partial charge in [-0.15, -0.1) is 0 Å². The maximum absolute atomic E-state index is 13.1. The number of halogens is 1. The Morgan fingerprint density at radius 1 is 1.47 bits per heavy atom. The van der Waals surface area contributed by atoms with Gasteiger partial charge in [-0.3, -0.25) is 4.99 Å². The second-order valence-electron chi connectivity index (χ2n) is 3.53.